The number of alkyl halides is 14. The van der Waals surface area contributed by atoms with Crippen molar-refractivity contribution in [3.63, 3.8) is 0 Å². The van der Waals surface area contributed by atoms with Gasteiger partial charge in [0.1, 0.15) is 6.61 Å². The molecule has 0 fully saturated rings. The standard InChI is InChI=1S/C11H5F15O3/c12-4(7(15,16)8(17,18)9(19,20)11(24,25)26)3(5(28)29-2-1-27)6(13,14)10(21,22)23/h27H,1-2H2. The Kier molecular flexibility index (Phi) is 7.25. The topological polar surface area (TPSA) is 46.5 Å². The largest absolute Gasteiger partial charge is 0.460 e. The summed E-state index contributed by atoms with van der Waals surface area (Å²) >= 11 is 0. The third-order valence-electron chi connectivity index (χ3n) is 2.84. The zero-order valence-corrected chi connectivity index (χ0v) is 12.8. The van der Waals surface area contributed by atoms with Gasteiger partial charge in [-0.25, -0.2) is 9.18 Å². The summed E-state index contributed by atoms with van der Waals surface area (Å²) in [5.74, 6) is -39.1. The molecule has 0 heterocycles. The van der Waals surface area contributed by atoms with Crippen LogP contribution in [0.3, 0.4) is 0 Å². The molecule has 0 radical (unpaired) electrons. The van der Waals surface area contributed by atoms with Crippen LogP contribution in [-0.4, -0.2) is 60.3 Å². The van der Waals surface area contributed by atoms with E-state index in [1.165, 1.54) is 0 Å². The van der Waals surface area contributed by atoms with Crippen molar-refractivity contribution < 1.29 is 80.5 Å². The van der Waals surface area contributed by atoms with Crippen LogP contribution in [0.25, 0.3) is 0 Å². The minimum Gasteiger partial charge on any atom is -0.460 e. The van der Waals surface area contributed by atoms with Crippen LogP contribution in [0.4, 0.5) is 65.9 Å². The molecule has 0 aromatic rings. The SMILES string of the molecule is O=C(OCCO)C(=C(F)C(F)(F)C(F)(F)C(F)(F)C(F)(F)F)C(F)(F)C(F)(F)F. The molecular formula is C11H5F15O3. The van der Waals surface area contributed by atoms with Gasteiger partial charge in [-0.05, 0) is 0 Å². The summed E-state index contributed by atoms with van der Waals surface area (Å²) in [6.07, 6.45) is -14.7. The first-order chi connectivity index (χ1) is 12.5. The molecule has 0 aromatic carbocycles. The molecule has 29 heavy (non-hydrogen) atoms. The molecule has 0 aliphatic heterocycles. The van der Waals surface area contributed by atoms with E-state index in [0.717, 1.165) is 0 Å². The van der Waals surface area contributed by atoms with Crippen molar-refractivity contribution in [1.29, 1.82) is 0 Å². The molecular weight excluding hydrogens is 465 g/mol. The molecule has 0 rings (SSSR count). The van der Waals surface area contributed by atoms with Crippen LogP contribution in [-0.2, 0) is 9.53 Å². The number of rotatable bonds is 7. The van der Waals surface area contributed by atoms with Gasteiger partial charge < -0.3 is 9.84 Å². The Hall–Kier alpha value is -1.88. The maximum absolute atomic E-state index is 13.6. The molecule has 172 valence electrons. The van der Waals surface area contributed by atoms with Gasteiger partial charge in [-0.15, -0.1) is 0 Å². The van der Waals surface area contributed by atoms with Gasteiger partial charge in [0.25, 0.3) is 0 Å². The highest BCUT2D eigenvalue weighted by Gasteiger charge is 2.84. The number of aliphatic hydroxyl groups excluding tert-OH is 1. The molecule has 3 nitrogen and oxygen atoms in total. The first kappa shape index (κ1) is 27.1. The van der Waals surface area contributed by atoms with Gasteiger partial charge in [0.05, 0.1) is 6.61 Å². The minimum absolute atomic E-state index is 1.42. The predicted octanol–water partition coefficient (Wildman–Crippen LogP) is 4.41. The Labute approximate surface area is 148 Å². The average molecular weight is 470 g/mol. The number of allylic oxidation sites excluding steroid dienone is 1. The highest BCUT2D eigenvalue weighted by molar-refractivity contribution is 5.91. The lowest BCUT2D eigenvalue weighted by atomic mass is 9.97. The number of carbonyl (C=O) groups excluding carboxylic acids is 1. The summed E-state index contributed by atoms with van der Waals surface area (Å²) in [5, 5.41) is 8.19. The van der Waals surface area contributed by atoms with Crippen LogP contribution in [0.2, 0.25) is 0 Å². The molecule has 0 aromatic heterocycles. The maximum atomic E-state index is 13.6. The van der Waals surface area contributed by atoms with Gasteiger partial charge >= 0.3 is 42.0 Å². The second kappa shape index (κ2) is 7.75. The molecule has 0 unspecified atom stereocenters. The molecule has 0 atom stereocenters. The summed E-state index contributed by atoms with van der Waals surface area (Å²) < 4.78 is 194. The lowest BCUT2D eigenvalue weighted by Gasteiger charge is -2.33. The summed E-state index contributed by atoms with van der Waals surface area (Å²) in [6.45, 7) is -3.03. The van der Waals surface area contributed by atoms with Crippen molar-refractivity contribution in [3.05, 3.63) is 11.4 Å². The van der Waals surface area contributed by atoms with Crippen LogP contribution in [0.15, 0.2) is 11.4 Å². The van der Waals surface area contributed by atoms with E-state index in [2.05, 4.69) is 4.74 Å². The lowest BCUT2D eigenvalue weighted by Crippen LogP contribution is -2.61. The lowest BCUT2D eigenvalue weighted by molar-refractivity contribution is -0.392. The Balaban J connectivity index is 6.94. The van der Waals surface area contributed by atoms with Crippen LogP contribution in [0, 0.1) is 0 Å². The second-order valence-corrected chi connectivity index (χ2v) is 4.84. The van der Waals surface area contributed by atoms with Crippen molar-refractivity contribution in [1.82, 2.24) is 0 Å². The first-order valence-corrected chi connectivity index (χ1v) is 6.35. The number of hydrogen-bond acceptors (Lipinski definition) is 3. The maximum Gasteiger partial charge on any atom is 0.460 e. The van der Waals surface area contributed by atoms with Crippen LogP contribution in [0.5, 0.6) is 0 Å². The van der Waals surface area contributed by atoms with Gasteiger partial charge in [0.2, 0.25) is 0 Å². The first-order valence-electron chi connectivity index (χ1n) is 6.35. The molecule has 0 aliphatic carbocycles. The Morgan fingerprint density at radius 1 is 0.690 bits per heavy atom. The van der Waals surface area contributed by atoms with Crippen LogP contribution < -0.4 is 0 Å². The number of carbonyl (C=O) groups is 1. The van der Waals surface area contributed by atoms with Crippen LogP contribution in [0.1, 0.15) is 0 Å². The number of esters is 1. The molecule has 0 saturated heterocycles. The van der Waals surface area contributed by atoms with E-state index in [0.29, 0.717) is 0 Å². The normalized spacial score (nSPS) is 15.9. The summed E-state index contributed by atoms with van der Waals surface area (Å²) in [5.41, 5.74) is -4.32. The van der Waals surface area contributed by atoms with E-state index < -0.39 is 66.6 Å². The van der Waals surface area contributed by atoms with E-state index >= 15 is 0 Å². The fourth-order valence-corrected chi connectivity index (χ4v) is 1.38. The molecule has 1 N–H and O–H groups in total. The smallest absolute Gasteiger partial charge is 0.460 e. The second-order valence-electron chi connectivity index (χ2n) is 4.84. The van der Waals surface area contributed by atoms with Crippen molar-refractivity contribution in [2.45, 2.75) is 36.0 Å². The van der Waals surface area contributed by atoms with Gasteiger partial charge in [-0.1, -0.05) is 0 Å². The Morgan fingerprint density at radius 2 is 1.10 bits per heavy atom. The summed E-state index contributed by atoms with van der Waals surface area (Å²) in [4.78, 5) is 11.1. The van der Waals surface area contributed by atoms with E-state index in [9.17, 15) is 70.7 Å². The van der Waals surface area contributed by atoms with E-state index in [-0.39, 0.29) is 0 Å². The fourth-order valence-electron chi connectivity index (χ4n) is 1.38. The van der Waals surface area contributed by atoms with Gasteiger partial charge in [0, 0.05) is 0 Å². The number of halogens is 15. The van der Waals surface area contributed by atoms with Gasteiger partial charge in [-0.3, -0.25) is 0 Å². The Bertz CT molecular complexity index is 643. The molecule has 18 heteroatoms. The van der Waals surface area contributed by atoms with Gasteiger partial charge in [0.15, 0.2) is 11.4 Å². The average Bonchev–Trinajstić information content (AvgIpc) is 2.49. The van der Waals surface area contributed by atoms with E-state index in [1.807, 2.05) is 0 Å². The number of hydrogen-bond donors (Lipinski definition) is 1. The van der Waals surface area contributed by atoms with E-state index in [4.69, 9.17) is 5.11 Å². The number of aliphatic hydroxyl groups is 1. The van der Waals surface area contributed by atoms with E-state index in [1.54, 1.807) is 0 Å². The number of ether oxygens (including phenoxy) is 1. The molecule has 0 saturated carbocycles. The molecule has 0 spiro atoms. The zero-order chi connectivity index (χ0) is 23.9. The van der Waals surface area contributed by atoms with Crippen molar-refractivity contribution in [2.24, 2.45) is 0 Å². The molecule has 0 bridgehead atoms. The highest BCUT2D eigenvalue weighted by Crippen LogP contribution is 2.57. The minimum atomic E-state index is -7.98. The zero-order valence-electron chi connectivity index (χ0n) is 12.8. The fraction of sp³-hybridized carbons (Fsp3) is 0.727. The molecule has 0 amide bonds. The van der Waals surface area contributed by atoms with Crippen molar-refractivity contribution in [2.75, 3.05) is 13.2 Å². The highest BCUT2D eigenvalue weighted by atomic mass is 19.4. The predicted molar refractivity (Wildman–Crippen MR) is 58.1 cm³/mol. The summed E-state index contributed by atoms with van der Waals surface area (Å²) in [7, 11) is 0. The summed E-state index contributed by atoms with van der Waals surface area (Å²) in [6, 6.07) is 0. The van der Waals surface area contributed by atoms with Crippen molar-refractivity contribution >= 4 is 5.97 Å². The van der Waals surface area contributed by atoms with Crippen molar-refractivity contribution in [3.8, 4) is 0 Å². The van der Waals surface area contributed by atoms with Gasteiger partial charge in [-0.2, -0.15) is 61.5 Å². The molecule has 0 aliphatic rings. The Morgan fingerprint density at radius 3 is 1.41 bits per heavy atom. The monoisotopic (exact) mass is 470 g/mol. The quantitative estimate of drug-likeness (QED) is 0.341. The van der Waals surface area contributed by atoms with Crippen LogP contribution >= 0.6 is 0 Å². The third-order valence-corrected chi connectivity index (χ3v) is 2.84. The third kappa shape index (κ3) is 4.50.